The molecule has 108 valence electrons. The Morgan fingerprint density at radius 3 is 2.65 bits per heavy atom. The summed E-state index contributed by atoms with van der Waals surface area (Å²) < 4.78 is 13.7. The summed E-state index contributed by atoms with van der Waals surface area (Å²) in [6.07, 6.45) is -0.775. The second kappa shape index (κ2) is 5.34. The van der Waals surface area contributed by atoms with Crippen LogP contribution < -0.4 is 10.9 Å². The number of aliphatic hydroxyl groups is 1. The molecule has 0 saturated carbocycles. The first-order chi connectivity index (χ1) is 9.28. The van der Waals surface area contributed by atoms with Gasteiger partial charge in [0.1, 0.15) is 5.82 Å². The number of aliphatic hydroxyl groups excluding tert-OH is 1. The first kappa shape index (κ1) is 14.7. The molecule has 5 heteroatoms. The van der Waals surface area contributed by atoms with Crippen molar-refractivity contribution >= 4 is 10.9 Å². The van der Waals surface area contributed by atoms with E-state index in [1.807, 2.05) is 20.8 Å². The smallest absolute Gasteiger partial charge is 0.248 e. The van der Waals surface area contributed by atoms with Crippen LogP contribution in [0.5, 0.6) is 0 Å². The van der Waals surface area contributed by atoms with E-state index >= 15 is 0 Å². The number of benzene rings is 1. The van der Waals surface area contributed by atoms with Crippen LogP contribution >= 0.6 is 0 Å². The number of H-pyrrole nitrogens is 1. The third kappa shape index (κ3) is 3.23. The van der Waals surface area contributed by atoms with E-state index in [1.165, 1.54) is 18.2 Å². The SMILES string of the molecule is CC(C)(C)NC[C@@H](O)c1ccc(F)c2[nH]c(=O)ccc12. The molecule has 0 aliphatic rings. The van der Waals surface area contributed by atoms with Crippen molar-refractivity contribution in [2.24, 2.45) is 0 Å². The largest absolute Gasteiger partial charge is 0.387 e. The fourth-order valence-corrected chi connectivity index (χ4v) is 2.04. The Hall–Kier alpha value is -1.72. The van der Waals surface area contributed by atoms with Crippen molar-refractivity contribution in [1.29, 1.82) is 0 Å². The van der Waals surface area contributed by atoms with Gasteiger partial charge in [-0.15, -0.1) is 0 Å². The first-order valence-corrected chi connectivity index (χ1v) is 6.52. The lowest BCUT2D eigenvalue weighted by Crippen LogP contribution is -2.38. The van der Waals surface area contributed by atoms with E-state index in [2.05, 4.69) is 10.3 Å². The summed E-state index contributed by atoms with van der Waals surface area (Å²) in [5.74, 6) is -0.502. The zero-order valence-corrected chi connectivity index (χ0v) is 11.8. The van der Waals surface area contributed by atoms with Gasteiger partial charge in [0.15, 0.2) is 0 Å². The van der Waals surface area contributed by atoms with Gasteiger partial charge in [-0.05, 0) is 38.5 Å². The number of aromatic nitrogens is 1. The van der Waals surface area contributed by atoms with Crippen LogP contribution in [0.15, 0.2) is 29.1 Å². The van der Waals surface area contributed by atoms with E-state index < -0.39 is 11.9 Å². The molecular formula is C15H19FN2O2. The van der Waals surface area contributed by atoms with Gasteiger partial charge in [-0.3, -0.25) is 4.79 Å². The van der Waals surface area contributed by atoms with Crippen LogP contribution in [0.25, 0.3) is 10.9 Å². The lowest BCUT2D eigenvalue weighted by atomic mass is 10.0. The summed E-state index contributed by atoms with van der Waals surface area (Å²) in [6, 6.07) is 5.67. The van der Waals surface area contributed by atoms with Gasteiger partial charge in [0, 0.05) is 23.5 Å². The molecule has 0 amide bonds. The van der Waals surface area contributed by atoms with Crippen LogP contribution in [0.3, 0.4) is 0 Å². The fraction of sp³-hybridized carbons (Fsp3) is 0.400. The zero-order valence-electron chi connectivity index (χ0n) is 11.8. The topological polar surface area (TPSA) is 65.1 Å². The van der Waals surface area contributed by atoms with Gasteiger partial charge < -0.3 is 15.4 Å². The predicted octanol–water partition coefficient (Wildman–Crippen LogP) is 2.09. The number of rotatable bonds is 3. The molecule has 0 fully saturated rings. The minimum absolute atomic E-state index is 0.120. The number of hydrogen-bond donors (Lipinski definition) is 3. The molecule has 0 aliphatic carbocycles. The average molecular weight is 278 g/mol. The van der Waals surface area contributed by atoms with Crippen molar-refractivity contribution < 1.29 is 9.50 Å². The van der Waals surface area contributed by atoms with Crippen LogP contribution in [-0.4, -0.2) is 22.2 Å². The van der Waals surface area contributed by atoms with Crippen molar-refractivity contribution in [3.8, 4) is 0 Å². The van der Waals surface area contributed by atoms with Crippen LogP contribution in [0, 0.1) is 5.82 Å². The Labute approximate surface area is 116 Å². The van der Waals surface area contributed by atoms with Gasteiger partial charge in [-0.2, -0.15) is 0 Å². The molecule has 1 atom stereocenters. The highest BCUT2D eigenvalue weighted by Gasteiger charge is 2.17. The normalized spacial score (nSPS) is 13.7. The molecular weight excluding hydrogens is 259 g/mol. The maximum Gasteiger partial charge on any atom is 0.248 e. The lowest BCUT2D eigenvalue weighted by molar-refractivity contribution is 0.164. The maximum absolute atomic E-state index is 13.7. The van der Waals surface area contributed by atoms with Gasteiger partial charge in [0.2, 0.25) is 5.56 Å². The average Bonchev–Trinajstić information content (AvgIpc) is 2.36. The molecule has 1 aromatic heterocycles. The summed E-state index contributed by atoms with van der Waals surface area (Å²) in [7, 11) is 0. The molecule has 2 rings (SSSR count). The Morgan fingerprint density at radius 1 is 1.30 bits per heavy atom. The highest BCUT2D eigenvalue weighted by atomic mass is 19.1. The number of nitrogens with one attached hydrogen (secondary N) is 2. The van der Waals surface area contributed by atoms with Gasteiger partial charge in [0.25, 0.3) is 0 Å². The number of aromatic amines is 1. The highest BCUT2D eigenvalue weighted by molar-refractivity contribution is 5.82. The summed E-state index contributed by atoms with van der Waals surface area (Å²) >= 11 is 0. The number of fused-ring (bicyclic) bond motifs is 1. The first-order valence-electron chi connectivity index (χ1n) is 6.52. The maximum atomic E-state index is 13.7. The number of halogens is 1. The van der Waals surface area contributed by atoms with Crippen LogP contribution in [0.2, 0.25) is 0 Å². The molecule has 0 bridgehead atoms. The minimum atomic E-state index is -0.775. The second-order valence-electron chi connectivity index (χ2n) is 5.89. The summed E-state index contributed by atoms with van der Waals surface area (Å²) in [6.45, 7) is 6.35. The lowest BCUT2D eigenvalue weighted by Gasteiger charge is -2.23. The molecule has 20 heavy (non-hydrogen) atoms. The van der Waals surface area contributed by atoms with E-state index in [-0.39, 0.29) is 16.6 Å². The minimum Gasteiger partial charge on any atom is -0.387 e. The van der Waals surface area contributed by atoms with Gasteiger partial charge in [-0.1, -0.05) is 6.07 Å². The standard InChI is InChI=1S/C15H19FN2O2/c1-15(2,3)17-8-12(19)9-4-6-11(16)14-10(9)5-7-13(20)18-14/h4-7,12,17,19H,8H2,1-3H3,(H,18,20)/t12-/m1/s1. The summed E-state index contributed by atoms with van der Waals surface area (Å²) in [5, 5.41) is 14.0. The molecule has 0 spiro atoms. The molecule has 0 saturated heterocycles. The Morgan fingerprint density at radius 2 is 2.00 bits per heavy atom. The summed E-state index contributed by atoms with van der Waals surface area (Å²) in [5.41, 5.74) is 0.237. The van der Waals surface area contributed by atoms with Crippen LogP contribution in [0.4, 0.5) is 4.39 Å². The Balaban J connectivity index is 2.40. The van der Waals surface area contributed by atoms with E-state index in [0.717, 1.165) is 0 Å². The van der Waals surface area contributed by atoms with Crippen LogP contribution in [0.1, 0.15) is 32.4 Å². The van der Waals surface area contributed by atoms with Gasteiger partial charge in [0.05, 0.1) is 11.6 Å². The molecule has 1 heterocycles. The van der Waals surface area contributed by atoms with Gasteiger partial charge in [-0.25, -0.2) is 4.39 Å². The van der Waals surface area contributed by atoms with Crippen molar-refractivity contribution in [1.82, 2.24) is 10.3 Å². The Bertz CT molecular complexity index is 674. The number of hydrogen-bond acceptors (Lipinski definition) is 3. The van der Waals surface area contributed by atoms with E-state index in [0.29, 0.717) is 17.5 Å². The summed E-state index contributed by atoms with van der Waals surface area (Å²) in [4.78, 5) is 13.7. The predicted molar refractivity (Wildman–Crippen MR) is 77.2 cm³/mol. The third-order valence-corrected chi connectivity index (χ3v) is 3.06. The monoisotopic (exact) mass is 278 g/mol. The van der Waals surface area contributed by atoms with Crippen LogP contribution in [-0.2, 0) is 0 Å². The van der Waals surface area contributed by atoms with Crippen molar-refractivity contribution in [3.63, 3.8) is 0 Å². The quantitative estimate of drug-likeness (QED) is 0.805. The third-order valence-electron chi connectivity index (χ3n) is 3.06. The fourth-order valence-electron chi connectivity index (χ4n) is 2.04. The second-order valence-corrected chi connectivity index (χ2v) is 5.89. The molecule has 4 nitrogen and oxygen atoms in total. The van der Waals surface area contributed by atoms with Crippen molar-refractivity contribution in [3.05, 3.63) is 46.0 Å². The number of pyridine rings is 1. The molecule has 3 N–H and O–H groups in total. The van der Waals surface area contributed by atoms with E-state index in [4.69, 9.17) is 0 Å². The Kier molecular flexibility index (Phi) is 3.92. The van der Waals surface area contributed by atoms with E-state index in [9.17, 15) is 14.3 Å². The molecule has 2 aromatic rings. The molecule has 1 aromatic carbocycles. The van der Waals surface area contributed by atoms with E-state index in [1.54, 1.807) is 6.07 Å². The molecule has 0 aliphatic heterocycles. The van der Waals surface area contributed by atoms with Crippen molar-refractivity contribution in [2.45, 2.75) is 32.4 Å². The molecule has 0 unspecified atom stereocenters. The zero-order chi connectivity index (χ0) is 14.9. The number of β-amino-alcohol motifs (C(OH)–C–C–N with tert-alkyl or cyclic N) is 1. The highest BCUT2D eigenvalue weighted by Crippen LogP contribution is 2.24. The van der Waals surface area contributed by atoms with Crippen molar-refractivity contribution in [2.75, 3.05) is 6.54 Å². The molecule has 0 radical (unpaired) electrons. The van der Waals surface area contributed by atoms with Gasteiger partial charge >= 0.3 is 0 Å².